The minimum atomic E-state index is -3.04. The zero-order valence-corrected chi connectivity index (χ0v) is 13.1. The molecule has 0 aromatic heterocycles. The van der Waals surface area contributed by atoms with Crippen molar-refractivity contribution in [2.45, 2.75) is 13.5 Å². The molecule has 25 heavy (non-hydrogen) atoms. The second kappa shape index (κ2) is 8.18. The summed E-state index contributed by atoms with van der Waals surface area (Å²) in [6, 6.07) is 8.98. The van der Waals surface area contributed by atoms with Crippen molar-refractivity contribution >= 4 is 17.4 Å². The lowest BCUT2D eigenvalue weighted by atomic mass is 10.1. The molecule has 2 aromatic carbocycles. The van der Waals surface area contributed by atoms with E-state index in [-0.39, 0.29) is 22.7 Å². The summed E-state index contributed by atoms with van der Waals surface area (Å²) in [6.07, 6.45) is 0. The van der Waals surface area contributed by atoms with E-state index in [0.29, 0.717) is 0 Å². The molecule has 0 bridgehead atoms. The van der Waals surface area contributed by atoms with Crippen molar-refractivity contribution in [1.82, 2.24) is 0 Å². The van der Waals surface area contributed by atoms with Gasteiger partial charge < -0.3 is 14.8 Å². The minimum Gasteiger partial charge on any atom is -0.483 e. The maximum Gasteiger partial charge on any atom is 0.387 e. The first-order chi connectivity index (χ1) is 11.9. The third-order valence-corrected chi connectivity index (χ3v) is 3.06. The Bertz CT molecular complexity index is 780. The van der Waals surface area contributed by atoms with Crippen LogP contribution in [-0.2, 0) is 4.79 Å². The van der Waals surface area contributed by atoms with Gasteiger partial charge in [0.25, 0.3) is 5.91 Å². The highest BCUT2D eigenvalue weighted by Crippen LogP contribution is 2.25. The Balaban J connectivity index is 2.04. The Labute approximate surface area is 141 Å². The average molecular weight is 353 g/mol. The fourth-order valence-electron chi connectivity index (χ4n) is 2.00. The van der Waals surface area contributed by atoms with Crippen molar-refractivity contribution in [2.75, 3.05) is 11.9 Å². The van der Waals surface area contributed by atoms with Gasteiger partial charge in [0.2, 0.25) is 0 Å². The summed E-state index contributed by atoms with van der Waals surface area (Å²) in [4.78, 5) is 23.4. The fourth-order valence-corrected chi connectivity index (χ4v) is 2.00. The van der Waals surface area contributed by atoms with Crippen molar-refractivity contribution < 1.29 is 32.2 Å². The maximum absolute atomic E-state index is 13.2. The molecule has 0 aliphatic rings. The van der Waals surface area contributed by atoms with E-state index in [9.17, 15) is 22.8 Å². The molecule has 0 aliphatic heterocycles. The molecule has 8 heteroatoms. The number of ketones is 1. The number of para-hydroxylation sites is 2. The third kappa shape index (κ3) is 5.23. The lowest BCUT2D eigenvalue weighted by Gasteiger charge is -2.13. The van der Waals surface area contributed by atoms with E-state index >= 15 is 0 Å². The molecule has 0 heterocycles. The zero-order chi connectivity index (χ0) is 18.4. The van der Waals surface area contributed by atoms with Crippen molar-refractivity contribution in [3.05, 3.63) is 53.8 Å². The molecule has 0 saturated heterocycles. The van der Waals surface area contributed by atoms with Crippen LogP contribution in [0.5, 0.6) is 11.5 Å². The van der Waals surface area contributed by atoms with Crippen molar-refractivity contribution in [3.8, 4) is 11.5 Å². The molecule has 0 radical (unpaired) electrons. The number of carbonyl (C=O) groups is 2. The second-order valence-electron chi connectivity index (χ2n) is 4.91. The Morgan fingerprint density at radius 1 is 1.12 bits per heavy atom. The maximum atomic E-state index is 13.2. The number of rotatable bonds is 7. The van der Waals surface area contributed by atoms with Gasteiger partial charge in [0.15, 0.2) is 12.4 Å². The molecule has 2 rings (SSSR count). The number of Topliss-reactive ketones (excluding diaryl/α,β-unsaturated/α-hetero) is 1. The van der Waals surface area contributed by atoms with E-state index in [4.69, 9.17) is 4.74 Å². The van der Waals surface area contributed by atoms with Crippen molar-refractivity contribution in [3.63, 3.8) is 0 Å². The van der Waals surface area contributed by atoms with Crippen LogP contribution in [0.15, 0.2) is 42.5 Å². The van der Waals surface area contributed by atoms with Crippen molar-refractivity contribution in [1.29, 1.82) is 0 Å². The number of halogens is 3. The van der Waals surface area contributed by atoms with Gasteiger partial charge in [-0.3, -0.25) is 9.59 Å². The molecule has 0 spiro atoms. The summed E-state index contributed by atoms with van der Waals surface area (Å²) >= 11 is 0. The summed E-state index contributed by atoms with van der Waals surface area (Å²) in [5.74, 6) is -1.85. The molecule has 1 N–H and O–H groups in total. The third-order valence-electron chi connectivity index (χ3n) is 3.06. The van der Waals surface area contributed by atoms with Crippen LogP contribution in [0.25, 0.3) is 0 Å². The van der Waals surface area contributed by atoms with Gasteiger partial charge in [0.05, 0.1) is 11.3 Å². The smallest absolute Gasteiger partial charge is 0.387 e. The molecule has 132 valence electrons. The van der Waals surface area contributed by atoms with Gasteiger partial charge in [0, 0.05) is 0 Å². The number of hydrogen-bond donors (Lipinski definition) is 1. The second-order valence-corrected chi connectivity index (χ2v) is 4.91. The quantitative estimate of drug-likeness (QED) is 0.772. The van der Waals surface area contributed by atoms with Crippen LogP contribution >= 0.6 is 0 Å². The molecule has 0 aliphatic carbocycles. The molecule has 5 nitrogen and oxygen atoms in total. The van der Waals surface area contributed by atoms with Crippen molar-refractivity contribution in [2.24, 2.45) is 0 Å². The van der Waals surface area contributed by atoms with Gasteiger partial charge >= 0.3 is 6.61 Å². The summed E-state index contributed by atoms with van der Waals surface area (Å²) in [6.45, 7) is -2.30. The molecule has 0 unspecified atom stereocenters. The first-order valence-corrected chi connectivity index (χ1v) is 7.14. The molecular formula is C17H14F3NO4. The first kappa shape index (κ1) is 18.3. The summed E-state index contributed by atoms with van der Waals surface area (Å²) in [5.41, 5.74) is 0.0385. The fraction of sp³-hybridized carbons (Fsp3) is 0.176. The molecule has 2 aromatic rings. The molecule has 1 amide bonds. The van der Waals surface area contributed by atoms with Crippen LogP contribution in [0.1, 0.15) is 17.3 Å². The predicted octanol–water partition coefficient (Wildman–Crippen LogP) is 3.65. The predicted molar refractivity (Wildman–Crippen MR) is 83.6 cm³/mol. The Hall–Kier alpha value is -3.03. The highest BCUT2D eigenvalue weighted by molar-refractivity contribution is 5.97. The molecule has 0 fully saturated rings. The summed E-state index contributed by atoms with van der Waals surface area (Å²) in [7, 11) is 0. The lowest BCUT2D eigenvalue weighted by molar-refractivity contribution is -0.118. The monoisotopic (exact) mass is 353 g/mol. The van der Waals surface area contributed by atoms with Crippen LogP contribution in [0.3, 0.4) is 0 Å². The number of amides is 1. The number of alkyl halides is 2. The van der Waals surface area contributed by atoms with Crippen LogP contribution in [0.2, 0.25) is 0 Å². The van der Waals surface area contributed by atoms with E-state index in [1.54, 1.807) is 0 Å². The standard InChI is InChI=1S/C17H14F3NO4/c1-10(22)12-8-11(18)6-7-14(12)24-9-16(23)21-13-4-2-3-5-15(13)25-17(19)20/h2-8,17H,9H2,1H3,(H,21,23). The number of anilines is 1. The van der Waals surface area contributed by atoms with Crippen LogP contribution in [0, 0.1) is 5.82 Å². The Morgan fingerprint density at radius 2 is 1.84 bits per heavy atom. The highest BCUT2D eigenvalue weighted by atomic mass is 19.3. The van der Waals surface area contributed by atoms with Gasteiger partial charge in [-0.15, -0.1) is 0 Å². The number of nitrogens with one attached hydrogen (secondary N) is 1. The molecule has 0 atom stereocenters. The lowest BCUT2D eigenvalue weighted by Crippen LogP contribution is -2.21. The SMILES string of the molecule is CC(=O)c1cc(F)ccc1OCC(=O)Nc1ccccc1OC(F)F. The minimum absolute atomic E-state index is 0.00534. The van der Waals surface area contributed by atoms with Crippen LogP contribution < -0.4 is 14.8 Å². The topological polar surface area (TPSA) is 64.6 Å². The van der Waals surface area contributed by atoms with Gasteiger partial charge in [-0.1, -0.05) is 12.1 Å². The largest absolute Gasteiger partial charge is 0.483 e. The Morgan fingerprint density at radius 3 is 2.52 bits per heavy atom. The number of carbonyl (C=O) groups excluding carboxylic acids is 2. The number of ether oxygens (including phenoxy) is 2. The molecule has 0 saturated carbocycles. The summed E-state index contributed by atoms with van der Waals surface area (Å²) in [5, 5.41) is 2.36. The zero-order valence-electron chi connectivity index (χ0n) is 13.1. The average Bonchev–Trinajstić information content (AvgIpc) is 2.55. The summed E-state index contributed by atoms with van der Waals surface area (Å²) < 4.78 is 47.4. The van der Waals surface area contributed by atoms with Crippen LogP contribution in [0.4, 0.5) is 18.9 Å². The Kier molecular flexibility index (Phi) is 5.99. The van der Waals surface area contributed by atoms with Gasteiger partial charge in [-0.2, -0.15) is 8.78 Å². The van der Waals surface area contributed by atoms with E-state index in [1.165, 1.54) is 37.3 Å². The number of benzene rings is 2. The van der Waals surface area contributed by atoms with E-state index in [2.05, 4.69) is 10.1 Å². The number of hydrogen-bond acceptors (Lipinski definition) is 4. The van der Waals surface area contributed by atoms with E-state index < -0.39 is 30.7 Å². The van der Waals surface area contributed by atoms with Gasteiger partial charge in [-0.25, -0.2) is 4.39 Å². The first-order valence-electron chi connectivity index (χ1n) is 7.14. The van der Waals surface area contributed by atoms with E-state index in [0.717, 1.165) is 12.1 Å². The van der Waals surface area contributed by atoms with E-state index in [1.807, 2.05) is 0 Å². The van der Waals surface area contributed by atoms with Gasteiger partial charge in [0.1, 0.15) is 17.3 Å². The highest BCUT2D eigenvalue weighted by Gasteiger charge is 2.14. The van der Waals surface area contributed by atoms with Crippen LogP contribution in [-0.4, -0.2) is 24.9 Å². The normalized spacial score (nSPS) is 10.4. The molecular weight excluding hydrogens is 339 g/mol. The van der Waals surface area contributed by atoms with Gasteiger partial charge in [-0.05, 0) is 37.3 Å².